The fraction of sp³-hybridized carbons (Fsp3) is 0.500. The number of nitrogens with zero attached hydrogens (tertiary/aromatic N) is 1. The van der Waals surface area contributed by atoms with Crippen LogP contribution in [-0.2, 0) is 5.41 Å². The van der Waals surface area contributed by atoms with Crippen molar-refractivity contribution in [3.05, 3.63) is 21.9 Å². The predicted octanol–water partition coefficient (Wildman–Crippen LogP) is 2.03. The third kappa shape index (κ3) is 1.27. The highest BCUT2D eigenvalue weighted by atomic mass is 32.1. The van der Waals surface area contributed by atoms with Crippen LogP contribution in [0.2, 0.25) is 0 Å². The van der Waals surface area contributed by atoms with Crippen LogP contribution in [-0.4, -0.2) is 11.2 Å². The molecule has 0 spiro atoms. The Morgan fingerprint density at radius 1 is 1.69 bits per heavy atom. The van der Waals surface area contributed by atoms with Gasteiger partial charge in [-0.15, -0.1) is 11.3 Å². The lowest BCUT2D eigenvalue weighted by atomic mass is 9.98. The van der Waals surface area contributed by atoms with Crippen LogP contribution in [0.25, 0.3) is 0 Å². The molecule has 1 N–H and O–H groups in total. The normalized spacial score (nSPS) is 20.7. The van der Waals surface area contributed by atoms with Gasteiger partial charge in [-0.2, -0.15) is 5.26 Å². The maximum atomic E-state index is 9.60. The Labute approximate surface area is 81.4 Å². The van der Waals surface area contributed by atoms with Crippen LogP contribution >= 0.6 is 11.3 Å². The molecule has 1 saturated carbocycles. The topological polar surface area (TPSA) is 44.0 Å². The molecule has 13 heavy (non-hydrogen) atoms. The first-order valence-electron chi connectivity index (χ1n) is 4.36. The molecule has 0 saturated heterocycles. The van der Waals surface area contributed by atoms with Crippen LogP contribution in [0.1, 0.15) is 30.2 Å². The molecule has 1 fully saturated rings. The quantitative estimate of drug-likeness (QED) is 0.781. The molecular weight excluding hydrogens is 182 g/mol. The Morgan fingerprint density at radius 2 is 2.38 bits per heavy atom. The van der Waals surface area contributed by atoms with Gasteiger partial charge < -0.3 is 5.11 Å². The molecule has 0 bridgehead atoms. The predicted molar refractivity (Wildman–Crippen MR) is 51.6 cm³/mol. The minimum atomic E-state index is -0.294. The van der Waals surface area contributed by atoms with Gasteiger partial charge in [0.1, 0.15) is 6.07 Å². The first-order chi connectivity index (χ1) is 6.19. The summed E-state index contributed by atoms with van der Waals surface area (Å²) < 4.78 is 0. The molecule has 1 aliphatic carbocycles. The van der Waals surface area contributed by atoms with Crippen LogP contribution in [0.3, 0.4) is 0 Å². The molecular formula is C10H11NOS. The number of rotatable bonds is 2. The molecule has 3 heteroatoms. The number of thiophene rings is 1. The van der Waals surface area contributed by atoms with Crippen molar-refractivity contribution in [3.8, 4) is 6.07 Å². The zero-order valence-electron chi connectivity index (χ0n) is 7.45. The van der Waals surface area contributed by atoms with E-state index in [4.69, 9.17) is 5.26 Å². The van der Waals surface area contributed by atoms with Crippen molar-refractivity contribution in [1.82, 2.24) is 0 Å². The molecule has 1 unspecified atom stereocenters. The Kier molecular flexibility index (Phi) is 1.90. The van der Waals surface area contributed by atoms with Gasteiger partial charge in [-0.25, -0.2) is 0 Å². The minimum Gasteiger partial charge on any atom is -0.392 e. The Balaban J connectivity index is 2.31. The third-order valence-electron chi connectivity index (χ3n) is 2.81. The van der Waals surface area contributed by atoms with Gasteiger partial charge in [0.2, 0.25) is 0 Å². The summed E-state index contributed by atoms with van der Waals surface area (Å²) in [5.41, 5.74) is 0.701. The van der Waals surface area contributed by atoms with Crippen molar-refractivity contribution in [1.29, 1.82) is 5.26 Å². The maximum Gasteiger partial charge on any atom is 0.100 e. The zero-order chi connectivity index (χ0) is 9.47. The van der Waals surface area contributed by atoms with Crippen molar-refractivity contribution in [2.45, 2.75) is 31.3 Å². The Bertz CT molecular complexity index is 357. The van der Waals surface area contributed by atoms with E-state index in [0.717, 1.165) is 12.8 Å². The van der Waals surface area contributed by atoms with Crippen molar-refractivity contribution < 1.29 is 5.11 Å². The van der Waals surface area contributed by atoms with E-state index in [0.29, 0.717) is 5.56 Å². The summed E-state index contributed by atoms with van der Waals surface area (Å²) in [6, 6.07) is 4.02. The van der Waals surface area contributed by atoms with Gasteiger partial charge in [-0.1, -0.05) is 0 Å². The van der Waals surface area contributed by atoms with Gasteiger partial charge in [0, 0.05) is 15.7 Å². The van der Waals surface area contributed by atoms with Gasteiger partial charge in [-0.3, -0.25) is 0 Å². The second kappa shape index (κ2) is 2.83. The molecule has 0 radical (unpaired) electrons. The van der Waals surface area contributed by atoms with E-state index in [9.17, 15) is 5.11 Å². The van der Waals surface area contributed by atoms with E-state index < -0.39 is 0 Å². The van der Waals surface area contributed by atoms with Crippen molar-refractivity contribution in [2.75, 3.05) is 0 Å². The smallest absolute Gasteiger partial charge is 0.100 e. The molecule has 0 amide bonds. The van der Waals surface area contributed by atoms with Gasteiger partial charge in [-0.05, 0) is 25.8 Å². The van der Waals surface area contributed by atoms with Gasteiger partial charge in [0.25, 0.3) is 0 Å². The largest absolute Gasteiger partial charge is 0.392 e. The van der Waals surface area contributed by atoms with Crippen molar-refractivity contribution in [3.63, 3.8) is 0 Å². The minimum absolute atomic E-state index is 0.0141. The summed E-state index contributed by atoms with van der Waals surface area (Å²) in [5, 5.41) is 20.1. The lowest BCUT2D eigenvalue weighted by Gasteiger charge is -2.15. The fourth-order valence-corrected chi connectivity index (χ4v) is 2.84. The van der Waals surface area contributed by atoms with E-state index in [1.165, 1.54) is 4.88 Å². The van der Waals surface area contributed by atoms with Crippen LogP contribution in [0.15, 0.2) is 11.4 Å². The molecule has 1 aromatic rings. The molecule has 0 aliphatic heterocycles. The summed E-state index contributed by atoms with van der Waals surface area (Å²) in [6.07, 6.45) is 1.81. The number of aliphatic hydroxyl groups is 1. The lowest BCUT2D eigenvalue weighted by molar-refractivity contribution is 0.152. The molecule has 2 nitrogen and oxygen atoms in total. The molecule has 1 aliphatic rings. The van der Waals surface area contributed by atoms with Crippen molar-refractivity contribution >= 4 is 11.3 Å². The SMILES string of the molecule is CC(O)C1(c2cc(C#N)cs2)CC1. The third-order valence-corrected chi connectivity index (χ3v) is 3.96. The molecule has 68 valence electrons. The molecule has 0 aromatic carbocycles. The van der Waals surface area contributed by atoms with Crippen LogP contribution in [0.4, 0.5) is 0 Å². The Morgan fingerprint density at radius 3 is 2.77 bits per heavy atom. The summed E-state index contributed by atoms with van der Waals surface area (Å²) in [5.74, 6) is 0. The fourth-order valence-electron chi connectivity index (χ4n) is 1.66. The first kappa shape index (κ1) is 8.74. The van der Waals surface area contributed by atoms with Gasteiger partial charge in [0.05, 0.1) is 11.7 Å². The van der Waals surface area contributed by atoms with E-state index in [-0.39, 0.29) is 11.5 Å². The van der Waals surface area contributed by atoms with Gasteiger partial charge in [0.15, 0.2) is 0 Å². The summed E-state index contributed by atoms with van der Waals surface area (Å²) in [7, 11) is 0. The monoisotopic (exact) mass is 193 g/mol. The number of aliphatic hydroxyl groups excluding tert-OH is 1. The van der Waals surface area contributed by atoms with E-state index in [1.807, 2.05) is 18.4 Å². The molecule has 2 rings (SSSR count). The number of nitriles is 1. The van der Waals surface area contributed by atoms with E-state index in [2.05, 4.69) is 6.07 Å². The second-order valence-electron chi connectivity index (χ2n) is 3.64. The lowest BCUT2D eigenvalue weighted by Crippen LogP contribution is -2.21. The van der Waals surface area contributed by atoms with E-state index >= 15 is 0 Å². The maximum absolute atomic E-state index is 9.60. The van der Waals surface area contributed by atoms with Crippen LogP contribution in [0, 0.1) is 11.3 Å². The average molecular weight is 193 g/mol. The first-order valence-corrected chi connectivity index (χ1v) is 5.24. The zero-order valence-corrected chi connectivity index (χ0v) is 8.27. The average Bonchev–Trinajstić information content (AvgIpc) is 2.79. The van der Waals surface area contributed by atoms with Crippen molar-refractivity contribution in [2.24, 2.45) is 0 Å². The Hall–Kier alpha value is -0.850. The van der Waals surface area contributed by atoms with Gasteiger partial charge >= 0.3 is 0 Å². The summed E-state index contributed by atoms with van der Waals surface area (Å²) in [6.45, 7) is 1.83. The number of hydrogen-bond donors (Lipinski definition) is 1. The molecule has 1 atom stereocenters. The van der Waals surface area contributed by atoms with E-state index in [1.54, 1.807) is 11.3 Å². The van der Waals surface area contributed by atoms with Crippen LogP contribution in [0.5, 0.6) is 0 Å². The summed E-state index contributed by atoms with van der Waals surface area (Å²) >= 11 is 1.59. The summed E-state index contributed by atoms with van der Waals surface area (Å²) in [4.78, 5) is 1.17. The number of hydrogen-bond acceptors (Lipinski definition) is 3. The second-order valence-corrected chi connectivity index (χ2v) is 4.55. The highest BCUT2D eigenvalue weighted by Crippen LogP contribution is 2.52. The highest BCUT2D eigenvalue weighted by Gasteiger charge is 2.49. The molecule has 1 heterocycles. The molecule has 1 aromatic heterocycles. The highest BCUT2D eigenvalue weighted by molar-refractivity contribution is 7.10. The standard InChI is InChI=1S/C10H11NOS/c1-7(12)10(2-3-10)9-4-8(5-11)6-13-9/h4,6-7,12H,2-3H2,1H3. The van der Waals surface area contributed by atoms with Crippen LogP contribution < -0.4 is 0 Å².